The van der Waals surface area contributed by atoms with Crippen molar-refractivity contribution in [2.45, 2.75) is 19.4 Å². The number of fused-ring (bicyclic) bond motifs is 1. The zero-order chi connectivity index (χ0) is 9.47. The Morgan fingerprint density at radius 1 is 1.64 bits per heavy atom. The molecule has 0 unspecified atom stereocenters. The summed E-state index contributed by atoms with van der Waals surface area (Å²) in [5.41, 5.74) is -0.157. The van der Waals surface area contributed by atoms with Crippen LogP contribution in [0.25, 0.3) is 0 Å². The van der Waals surface area contributed by atoms with Crippen LogP contribution in [0.4, 0.5) is 5.82 Å². The molecule has 14 heavy (non-hydrogen) atoms. The Bertz CT molecular complexity index is 347. The average Bonchev–Trinajstić information content (AvgIpc) is 2.01. The molecular formula is C9H12Br2N2O. The third kappa shape index (κ3) is 2.39. The molecule has 5 heteroatoms. The smallest absolute Gasteiger partial charge is 1.00 e. The number of hydrogen-bond acceptors (Lipinski definition) is 3. The Hall–Kier alpha value is -0.290. The predicted octanol–water partition coefficient (Wildman–Crippen LogP) is -0.457. The standard InChI is InChI=1S/C9H11BrN2O.BrH/c1-9(2)5-12-8-7(13-9)3-6(10)4-11-8;/h3-4H,5H2,1-2H3,(H,11,12);1H. The molecule has 0 spiro atoms. The fourth-order valence-corrected chi connectivity index (χ4v) is 1.57. The van der Waals surface area contributed by atoms with Crippen LogP contribution < -0.4 is 27.0 Å². The van der Waals surface area contributed by atoms with Crippen molar-refractivity contribution in [3.63, 3.8) is 0 Å². The lowest BCUT2D eigenvalue weighted by atomic mass is 10.1. The van der Waals surface area contributed by atoms with Crippen molar-refractivity contribution in [1.82, 2.24) is 4.98 Å². The zero-order valence-electron chi connectivity index (χ0n) is 8.97. The fourth-order valence-electron chi connectivity index (χ4n) is 1.26. The Morgan fingerprint density at radius 2 is 2.36 bits per heavy atom. The third-order valence-electron chi connectivity index (χ3n) is 1.89. The van der Waals surface area contributed by atoms with Gasteiger partial charge in [0.15, 0.2) is 11.6 Å². The monoisotopic (exact) mass is 322 g/mol. The number of nitrogens with zero attached hydrogens (tertiary/aromatic N) is 1. The molecule has 0 fully saturated rings. The summed E-state index contributed by atoms with van der Waals surface area (Å²) in [7, 11) is 0. The SMILES string of the molecule is CC1(C)CNc2ncc(Br)cc2O1.[Br-].[H+]. The summed E-state index contributed by atoms with van der Waals surface area (Å²) in [6, 6.07) is 1.93. The number of anilines is 1. The van der Waals surface area contributed by atoms with Gasteiger partial charge in [0.05, 0.1) is 6.54 Å². The van der Waals surface area contributed by atoms with Crippen LogP contribution in [-0.2, 0) is 0 Å². The number of pyridine rings is 1. The van der Waals surface area contributed by atoms with Gasteiger partial charge in [-0.1, -0.05) is 0 Å². The van der Waals surface area contributed by atoms with Crippen molar-refractivity contribution >= 4 is 21.7 Å². The molecule has 0 amide bonds. The van der Waals surface area contributed by atoms with Crippen molar-refractivity contribution in [2.75, 3.05) is 11.9 Å². The molecule has 0 bridgehead atoms. The van der Waals surface area contributed by atoms with Crippen LogP contribution >= 0.6 is 15.9 Å². The molecule has 0 atom stereocenters. The maximum Gasteiger partial charge on any atom is 1.00 e. The van der Waals surface area contributed by atoms with E-state index in [4.69, 9.17) is 4.74 Å². The maximum absolute atomic E-state index is 5.75. The van der Waals surface area contributed by atoms with Crippen molar-refractivity contribution in [3.05, 3.63) is 16.7 Å². The van der Waals surface area contributed by atoms with E-state index in [0.29, 0.717) is 0 Å². The number of aromatic nitrogens is 1. The van der Waals surface area contributed by atoms with Gasteiger partial charge < -0.3 is 27.0 Å². The number of hydrogen-bond donors (Lipinski definition) is 1. The van der Waals surface area contributed by atoms with Crippen LogP contribution in [0.15, 0.2) is 16.7 Å². The molecule has 1 aliphatic rings. The Morgan fingerprint density at radius 3 is 3.07 bits per heavy atom. The second-order valence-electron chi connectivity index (χ2n) is 3.72. The van der Waals surface area contributed by atoms with E-state index in [1.807, 2.05) is 19.9 Å². The van der Waals surface area contributed by atoms with Gasteiger partial charge in [0.2, 0.25) is 0 Å². The van der Waals surface area contributed by atoms with Gasteiger partial charge in [0.1, 0.15) is 5.60 Å². The van der Waals surface area contributed by atoms with Crippen molar-refractivity contribution in [1.29, 1.82) is 0 Å². The minimum atomic E-state index is -0.157. The summed E-state index contributed by atoms with van der Waals surface area (Å²) in [6.07, 6.45) is 1.76. The first-order valence-electron chi connectivity index (χ1n) is 4.15. The summed E-state index contributed by atoms with van der Waals surface area (Å²) >= 11 is 3.36. The lowest BCUT2D eigenvalue weighted by Crippen LogP contribution is -3.00. The van der Waals surface area contributed by atoms with Gasteiger partial charge in [-0.2, -0.15) is 0 Å². The van der Waals surface area contributed by atoms with E-state index in [0.717, 1.165) is 22.6 Å². The van der Waals surface area contributed by atoms with Gasteiger partial charge in [-0.25, -0.2) is 4.98 Å². The molecule has 0 saturated carbocycles. The topological polar surface area (TPSA) is 34.2 Å². The van der Waals surface area contributed by atoms with E-state index < -0.39 is 0 Å². The average molecular weight is 324 g/mol. The highest BCUT2D eigenvalue weighted by molar-refractivity contribution is 9.10. The molecule has 0 radical (unpaired) electrons. The molecule has 78 valence electrons. The molecule has 0 aliphatic carbocycles. The van der Waals surface area contributed by atoms with Gasteiger partial charge in [-0.05, 0) is 35.8 Å². The Labute approximate surface area is 104 Å². The van der Waals surface area contributed by atoms with Crippen molar-refractivity contribution < 1.29 is 23.1 Å². The first-order chi connectivity index (χ1) is 6.07. The quantitative estimate of drug-likeness (QED) is 0.702. The summed E-state index contributed by atoms with van der Waals surface area (Å²) in [4.78, 5) is 4.20. The highest BCUT2D eigenvalue weighted by Gasteiger charge is 2.26. The van der Waals surface area contributed by atoms with E-state index in [1.165, 1.54) is 0 Å². The lowest BCUT2D eigenvalue weighted by molar-refractivity contribution is -0.00000593. The fraction of sp³-hybridized carbons (Fsp3) is 0.444. The van der Waals surface area contributed by atoms with E-state index in [-0.39, 0.29) is 24.0 Å². The van der Waals surface area contributed by atoms with Crippen LogP contribution in [0.3, 0.4) is 0 Å². The second-order valence-corrected chi connectivity index (χ2v) is 4.63. The van der Waals surface area contributed by atoms with E-state index in [9.17, 15) is 0 Å². The summed E-state index contributed by atoms with van der Waals surface area (Å²) < 4.78 is 6.68. The highest BCUT2D eigenvalue weighted by Crippen LogP contribution is 2.32. The third-order valence-corrected chi connectivity index (χ3v) is 2.32. The molecule has 1 aliphatic heterocycles. The number of halogens is 2. The molecule has 0 saturated heterocycles. The summed E-state index contributed by atoms with van der Waals surface area (Å²) in [5.74, 6) is 1.63. The van der Waals surface area contributed by atoms with Crippen LogP contribution in [0, 0.1) is 0 Å². The Kier molecular flexibility index (Phi) is 3.42. The van der Waals surface area contributed by atoms with Crippen molar-refractivity contribution in [2.24, 2.45) is 0 Å². The predicted molar refractivity (Wildman–Crippen MR) is 56.2 cm³/mol. The number of ether oxygens (including phenoxy) is 1. The molecule has 3 nitrogen and oxygen atoms in total. The molecular weight excluding hydrogens is 312 g/mol. The van der Waals surface area contributed by atoms with Crippen LogP contribution in [0.1, 0.15) is 15.3 Å². The Balaban J connectivity index is 0.000000980. The molecule has 2 heterocycles. The minimum absolute atomic E-state index is 0. The van der Waals surface area contributed by atoms with Crippen LogP contribution in [0.2, 0.25) is 0 Å². The number of rotatable bonds is 0. The van der Waals surface area contributed by atoms with Crippen molar-refractivity contribution in [3.8, 4) is 5.75 Å². The molecule has 1 aromatic heterocycles. The van der Waals surface area contributed by atoms with Gasteiger partial charge in [0.25, 0.3) is 0 Å². The van der Waals surface area contributed by atoms with Gasteiger partial charge in [-0.3, -0.25) is 0 Å². The van der Waals surface area contributed by atoms with E-state index in [1.54, 1.807) is 6.20 Å². The van der Waals surface area contributed by atoms with Crippen LogP contribution in [-0.4, -0.2) is 17.1 Å². The molecule has 2 rings (SSSR count). The normalized spacial score (nSPS) is 17.1. The van der Waals surface area contributed by atoms with Gasteiger partial charge >= 0.3 is 1.43 Å². The second kappa shape index (κ2) is 4.06. The maximum atomic E-state index is 5.75. The highest BCUT2D eigenvalue weighted by atomic mass is 79.9. The largest absolute Gasteiger partial charge is 1.00 e. The molecule has 1 N–H and O–H groups in total. The summed E-state index contributed by atoms with van der Waals surface area (Å²) in [5, 5.41) is 3.22. The van der Waals surface area contributed by atoms with Crippen LogP contribution in [0.5, 0.6) is 5.75 Å². The number of nitrogens with one attached hydrogen (secondary N) is 1. The molecule has 0 aromatic carbocycles. The van der Waals surface area contributed by atoms with E-state index >= 15 is 0 Å². The lowest BCUT2D eigenvalue weighted by Gasteiger charge is -2.32. The first kappa shape index (κ1) is 11.8. The molecule has 1 aromatic rings. The van der Waals surface area contributed by atoms with Gasteiger partial charge in [-0.15, -0.1) is 0 Å². The summed E-state index contributed by atoms with van der Waals surface area (Å²) in [6.45, 7) is 4.88. The van der Waals surface area contributed by atoms with Gasteiger partial charge in [0, 0.05) is 10.7 Å². The first-order valence-corrected chi connectivity index (χ1v) is 4.95. The van der Waals surface area contributed by atoms with E-state index in [2.05, 4.69) is 26.2 Å². The zero-order valence-corrected chi connectivity index (χ0v) is 11.1. The minimum Gasteiger partial charge on any atom is -1.00 e.